The van der Waals surface area contributed by atoms with Crippen LogP contribution >= 0.6 is 0 Å². The number of nitrogens with one attached hydrogen (secondary N) is 3. The maximum absolute atomic E-state index is 11.1. The second-order valence-electron chi connectivity index (χ2n) is 4.73. The molecule has 1 fully saturated rings. The van der Waals surface area contributed by atoms with Crippen molar-refractivity contribution in [3.63, 3.8) is 0 Å². The summed E-state index contributed by atoms with van der Waals surface area (Å²) in [4.78, 5) is 28.6. The van der Waals surface area contributed by atoms with Crippen LogP contribution in [-0.4, -0.2) is 33.4 Å². The molecule has 2 aromatic rings. The number of amides is 1. The molecular weight excluding hydrogens is 262 g/mol. The first kappa shape index (κ1) is 12.4. The highest BCUT2D eigenvalue weighted by Gasteiger charge is 2.20. The highest BCUT2D eigenvalue weighted by atomic mass is 16.6. The van der Waals surface area contributed by atoms with Crippen molar-refractivity contribution in [2.45, 2.75) is 18.9 Å². The SMILES string of the molecule is O=C1CCC(CNc2nc3ccc([N+](=O)[O-])cc3[nH]2)N1. The summed E-state index contributed by atoms with van der Waals surface area (Å²) in [7, 11) is 0. The maximum atomic E-state index is 11.1. The van der Waals surface area contributed by atoms with Crippen LogP contribution in [0.15, 0.2) is 18.2 Å². The van der Waals surface area contributed by atoms with Crippen LogP contribution in [0.4, 0.5) is 11.6 Å². The van der Waals surface area contributed by atoms with Crippen LogP contribution in [0.3, 0.4) is 0 Å². The molecule has 20 heavy (non-hydrogen) atoms. The summed E-state index contributed by atoms with van der Waals surface area (Å²) in [6.07, 6.45) is 1.36. The molecule has 8 heteroatoms. The molecule has 0 saturated carbocycles. The van der Waals surface area contributed by atoms with Crippen LogP contribution in [-0.2, 0) is 4.79 Å². The zero-order chi connectivity index (χ0) is 14.1. The highest BCUT2D eigenvalue weighted by Crippen LogP contribution is 2.20. The van der Waals surface area contributed by atoms with Gasteiger partial charge in [0, 0.05) is 31.1 Å². The third kappa shape index (κ3) is 2.40. The zero-order valence-corrected chi connectivity index (χ0v) is 10.5. The van der Waals surface area contributed by atoms with E-state index in [2.05, 4.69) is 20.6 Å². The number of aromatic amines is 1. The van der Waals surface area contributed by atoms with Crippen LogP contribution in [0, 0.1) is 10.1 Å². The van der Waals surface area contributed by atoms with Gasteiger partial charge in [0.2, 0.25) is 11.9 Å². The number of nitrogens with zero attached hydrogens (tertiary/aromatic N) is 2. The Bertz CT molecular complexity index is 681. The summed E-state index contributed by atoms with van der Waals surface area (Å²) in [5.74, 6) is 0.610. The summed E-state index contributed by atoms with van der Waals surface area (Å²) < 4.78 is 0. The van der Waals surface area contributed by atoms with Gasteiger partial charge in [-0.25, -0.2) is 4.98 Å². The predicted octanol–water partition coefficient (Wildman–Crippen LogP) is 1.16. The molecule has 1 aromatic heterocycles. The first-order valence-corrected chi connectivity index (χ1v) is 6.29. The minimum atomic E-state index is -0.443. The van der Waals surface area contributed by atoms with Crippen LogP contribution < -0.4 is 10.6 Å². The van der Waals surface area contributed by atoms with E-state index in [9.17, 15) is 14.9 Å². The molecule has 1 saturated heterocycles. The highest BCUT2D eigenvalue weighted by molar-refractivity contribution is 5.80. The average molecular weight is 275 g/mol. The van der Waals surface area contributed by atoms with Crippen molar-refractivity contribution >= 4 is 28.6 Å². The van der Waals surface area contributed by atoms with Gasteiger partial charge in [-0.15, -0.1) is 0 Å². The van der Waals surface area contributed by atoms with Crippen LogP contribution in [0.2, 0.25) is 0 Å². The van der Waals surface area contributed by atoms with Gasteiger partial charge in [-0.3, -0.25) is 14.9 Å². The standard InChI is InChI=1S/C12H13N5O3/c18-11-4-1-7(14-11)6-13-12-15-9-3-2-8(17(19)20)5-10(9)16-12/h2-3,5,7H,1,4,6H2,(H,14,18)(H2,13,15,16). The fourth-order valence-corrected chi connectivity index (χ4v) is 2.25. The molecule has 0 spiro atoms. The van der Waals surface area contributed by atoms with E-state index in [-0.39, 0.29) is 17.6 Å². The van der Waals surface area contributed by atoms with E-state index in [1.54, 1.807) is 6.07 Å². The van der Waals surface area contributed by atoms with Gasteiger partial charge in [-0.2, -0.15) is 0 Å². The minimum absolute atomic E-state index is 0.0238. The Morgan fingerprint density at radius 2 is 2.35 bits per heavy atom. The van der Waals surface area contributed by atoms with E-state index in [1.165, 1.54) is 12.1 Å². The number of nitro benzene ring substituents is 1. The first-order chi connectivity index (χ1) is 9.61. The Morgan fingerprint density at radius 3 is 3.05 bits per heavy atom. The number of carbonyl (C=O) groups excluding carboxylic acids is 1. The molecule has 3 rings (SSSR count). The average Bonchev–Trinajstić information content (AvgIpc) is 3.00. The number of rotatable bonds is 4. The van der Waals surface area contributed by atoms with Gasteiger partial charge < -0.3 is 15.6 Å². The molecule has 1 atom stereocenters. The maximum Gasteiger partial charge on any atom is 0.271 e. The quantitative estimate of drug-likeness (QED) is 0.572. The van der Waals surface area contributed by atoms with Gasteiger partial charge in [0.15, 0.2) is 0 Å². The van der Waals surface area contributed by atoms with Crippen molar-refractivity contribution in [1.29, 1.82) is 0 Å². The number of imidazole rings is 1. The smallest absolute Gasteiger partial charge is 0.271 e. The molecule has 104 valence electrons. The van der Waals surface area contributed by atoms with E-state index in [4.69, 9.17) is 0 Å². The molecule has 1 unspecified atom stereocenters. The molecule has 2 heterocycles. The number of fused-ring (bicyclic) bond motifs is 1. The number of hydrogen-bond donors (Lipinski definition) is 3. The number of non-ortho nitro benzene ring substituents is 1. The lowest BCUT2D eigenvalue weighted by atomic mass is 10.2. The van der Waals surface area contributed by atoms with Crippen molar-refractivity contribution < 1.29 is 9.72 Å². The van der Waals surface area contributed by atoms with Crippen LogP contribution in [0.5, 0.6) is 0 Å². The molecular formula is C12H13N5O3. The third-order valence-electron chi connectivity index (χ3n) is 3.28. The lowest BCUT2D eigenvalue weighted by Gasteiger charge is -2.09. The van der Waals surface area contributed by atoms with Crippen molar-refractivity contribution in [1.82, 2.24) is 15.3 Å². The molecule has 0 bridgehead atoms. The lowest BCUT2D eigenvalue weighted by Crippen LogP contribution is -2.32. The van der Waals surface area contributed by atoms with Crippen molar-refractivity contribution in [2.75, 3.05) is 11.9 Å². The molecule has 3 N–H and O–H groups in total. The Balaban J connectivity index is 1.72. The molecule has 8 nitrogen and oxygen atoms in total. The minimum Gasteiger partial charge on any atom is -0.354 e. The Hall–Kier alpha value is -2.64. The van der Waals surface area contributed by atoms with Crippen molar-refractivity contribution in [2.24, 2.45) is 0 Å². The van der Waals surface area contributed by atoms with Gasteiger partial charge in [-0.05, 0) is 12.5 Å². The largest absolute Gasteiger partial charge is 0.354 e. The van der Waals surface area contributed by atoms with E-state index in [1.807, 2.05) is 0 Å². The summed E-state index contributed by atoms with van der Waals surface area (Å²) in [5.41, 5.74) is 1.29. The number of benzene rings is 1. The number of anilines is 1. The second-order valence-corrected chi connectivity index (χ2v) is 4.73. The van der Waals surface area contributed by atoms with Gasteiger partial charge in [-0.1, -0.05) is 0 Å². The number of carbonyl (C=O) groups is 1. The molecule has 0 radical (unpaired) electrons. The van der Waals surface area contributed by atoms with E-state index >= 15 is 0 Å². The van der Waals surface area contributed by atoms with Crippen molar-refractivity contribution in [3.8, 4) is 0 Å². The lowest BCUT2D eigenvalue weighted by molar-refractivity contribution is -0.384. The molecule has 0 aliphatic carbocycles. The summed E-state index contributed by atoms with van der Waals surface area (Å²) in [5, 5.41) is 16.6. The number of H-pyrrole nitrogens is 1. The summed E-state index contributed by atoms with van der Waals surface area (Å²) in [6.45, 7) is 0.577. The molecule has 1 aliphatic heterocycles. The predicted molar refractivity (Wildman–Crippen MR) is 72.4 cm³/mol. The van der Waals surface area contributed by atoms with Gasteiger partial charge in [0.05, 0.1) is 16.0 Å². The van der Waals surface area contributed by atoms with E-state index in [0.717, 1.165) is 6.42 Å². The molecule has 1 amide bonds. The van der Waals surface area contributed by atoms with Gasteiger partial charge >= 0.3 is 0 Å². The monoisotopic (exact) mass is 275 g/mol. The fraction of sp³-hybridized carbons (Fsp3) is 0.333. The Labute approximate surface area is 113 Å². The zero-order valence-electron chi connectivity index (χ0n) is 10.5. The van der Waals surface area contributed by atoms with Gasteiger partial charge in [0.1, 0.15) is 0 Å². The summed E-state index contributed by atoms with van der Waals surface area (Å²) in [6, 6.07) is 4.58. The first-order valence-electron chi connectivity index (χ1n) is 6.29. The van der Waals surface area contributed by atoms with Crippen LogP contribution in [0.1, 0.15) is 12.8 Å². The summed E-state index contributed by atoms with van der Waals surface area (Å²) >= 11 is 0. The third-order valence-corrected chi connectivity index (χ3v) is 3.28. The molecule has 1 aliphatic rings. The van der Waals surface area contributed by atoms with Crippen LogP contribution in [0.25, 0.3) is 11.0 Å². The van der Waals surface area contributed by atoms with Gasteiger partial charge in [0.25, 0.3) is 5.69 Å². The van der Waals surface area contributed by atoms with Crippen molar-refractivity contribution in [3.05, 3.63) is 28.3 Å². The number of aromatic nitrogens is 2. The van der Waals surface area contributed by atoms with E-state index < -0.39 is 4.92 Å². The number of hydrogen-bond acceptors (Lipinski definition) is 5. The van der Waals surface area contributed by atoms with E-state index in [0.29, 0.717) is 29.9 Å². The topological polar surface area (TPSA) is 113 Å². The normalized spacial score (nSPS) is 18.2. The Kier molecular flexibility index (Phi) is 2.97. The second kappa shape index (κ2) is 4.80. The molecule has 1 aromatic carbocycles. The Morgan fingerprint density at radius 1 is 1.50 bits per heavy atom. The fourth-order valence-electron chi connectivity index (χ4n) is 2.25. The number of nitro groups is 1.